The highest BCUT2D eigenvalue weighted by Crippen LogP contribution is 2.43. The maximum atomic E-state index is 13.0. The molecule has 4 rings (SSSR count). The summed E-state index contributed by atoms with van der Waals surface area (Å²) in [4.78, 5) is 13.4. The molecule has 0 saturated carbocycles. The van der Waals surface area contributed by atoms with Crippen molar-refractivity contribution in [2.75, 3.05) is 12.4 Å². The van der Waals surface area contributed by atoms with Crippen molar-refractivity contribution in [2.24, 2.45) is 0 Å². The number of hydrogen-bond donors (Lipinski definition) is 2. The van der Waals surface area contributed by atoms with E-state index >= 15 is 0 Å². The second-order valence-electron chi connectivity index (χ2n) is 8.14. The molecule has 0 fully saturated rings. The van der Waals surface area contributed by atoms with Crippen LogP contribution in [0.4, 0.5) is 5.95 Å². The van der Waals surface area contributed by atoms with Crippen molar-refractivity contribution < 1.29 is 14.3 Å². The van der Waals surface area contributed by atoms with E-state index in [2.05, 4.69) is 46.7 Å². The first-order chi connectivity index (χ1) is 14.8. The summed E-state index contributed by atoms with van der Waals surface area (Å²) in [7, 11) is 1.62. The first-order valence-electron chi connectivity index (χ1n) is 9.70. The van der Waals surface area contributed by atoms with Gasteiger partial charge in [-0.1, -0.05) is 38.0 Å². The highest BCUT2D eigenvalue weighted by Gasteiger charge is 2.23. The Balaban J connectivity index is 1.77. The lowest BCUT2D eigenvalue weighted by atomic mass is 9.87. The predicted molar refractivity (Wildman–Crippen MR) is 120 cm³/mol. The number of amides is 1. The summed E-state index contributed by atoms with van der Waals surface area (Å²) in [6.45, 7) is 8.43. The van der Waals surface area contributed by atoms with Crippen molar-refractivity contribution in [1.82, 2.24) is 20.6 Å². The number of aromatic amines is 1. The van der Waals surface area contributed by atoms with Crippen LogP contribution < -0.4 is 14.8 Å². The molecule has 0 atom stereocenters. The topological polar surface area (TPSA) is 102 Å². The van der Waals surface area contributed by atoms with Gasteiger partial charge < -0.3 is 9.47 Å². The van der Waals surface area contributed by atoms with Gasteiger partial charge in [-0.05, 0) is 52.9 Å². The van der Waals surface area contributed by atoms with Crippen LogP contribution in [0.5, 0.6) is 17.2 Å². The summed E-state index contributed by atoms with van der Waals surface area (Å²) >= 11 is 1.34. The molecule has 8 nitrogen and oxygen atoms in total. The molecule has 0 aliphatic carbocycles. The zero-order valence-corrected chi connectivity index (χ0v) is 18.8. The Kier molecular flexibility index (Phi) is 5.36. The van der Waals surface area contributed by atoms with Crippen LogP contribution >= 0.6 is 11.3 Å². The number of hydrogen-bond acceptors (Lipinski definition) is 7. The molecule has 0 spiro atoms. The Labute approximate surface area is 183 Å². The Morgan fingerprint density at radius 2 is 1.90 bits per heavy atom. The standard InChI is InChI=1S/C22H23N5O3S/c1-12-10-17-15(11-16(12)29-5)18(19(31-17)20(28)23-21-24-26-27-25-21)30-14-8-6-13(7-9-14)22(2,3)4/h6-11H,1-5H3,(H2,23,24,25,26,27,28). The van der Waals surface area contributed by atoms with E-state index in [1.54, 1.807) is 7.11 Å². The summed E-state index contributed by atoms with van der Waals surface area (Å²) in [6.07, 6.45) is 0. The molecule has 0 unspecified atom stereocenters. The van der Waals surface area contributed by atoms with Crippen LogP contribution in [0, 0.1) is 6.92 Å². The van der Waals surface area contributed by atoms with Crippen LogP contribution in [0.15, 0.2) is 36.4 Å². The fourth-order valence-electron chi connectivity index (χ4n) is 3.19. The first-order valence-corrected chi connectivity index (χ1v) is 10.5. The molecule has 2 N–H and O–H groups in total. The number of H-pyrrole nitrogens is 1. The molecule has 160 valence electrons. The summed E-state index contributed by atoms with van der Waals surface area (Å²) in [5.41, 5.74) is 2.21. The molecule has 4 aromatic rings. The SMILES string of the molecule is COc1cc2c(Oc3ccc(C(C)(C)C)cc3)c(C(=O)Nc3nn[nH]n3)sc2cc1C. The number of methoxy groups -OCH3 is 1. The minimum atomic E-state index is -0.375. The third-order valence-corrected chi connectivity index (χ3v) is 6.01. The van der Waals surface area contributed by atoms with Crippen LogP contribution in [0.25, 0.3) is 10.1 Å². The van der Waals surface area contributed by atoms with E-state index in [0.29, 0.717) is 16.4 Å². The number of carbonyl (C=O) groups is 1. The fraction of sp³-hybridized carbons (Fsp3) is 0.273. The normalized spacial score (nSPS) is 11.5. The summed E-state index contributed by atoms with van der Waals surface area (Å²) in [5.74, 6) is 1.55. The Morgan fingerprint density at radius 1 is 1.16 bits per heavy atom. The molecule has 2 aromatic heterocycles. The van der Waals surface area contributed by atoms with Crippen LogP contribution in [0.3, 0.4) is 0 Å². The van der Waals surface area contributed by atoms with Gasteiger partial charge in [-0.25, -0.2) is 0 Å². The van der Waals surface area contributed by atoms with E-state index in [9.17, 15) is 4.79 Å². The number of nitrogens with one attached hydrogen (secondary N) is 2. The van der Waals surface area contributed by atoms with E-state index in [4.69, 9.17) is 9.47 Å². The Hall–Kier alpha value is -3.46. The molecular weight excluding hydrogens is 414 g/mol. The third kappa shape index (κ3) is 4.22. The fourth-order valence-corrected chi connectivity index (χ4v) is 4.29. The average Bonchev–Trinajstić information content (AvgIpc) is 3.35. The minimum Gasteiger partial charge on any atom is -0.496 e. The number of benzene rings is 2. The summed E-state index contributed by atoms with van der Waals surface area (Å²) in [6, 6.07) is 11.8. The van der Waals surface area contributed by atoms with Gasteiger partial charge >= 0.3 is 0 Å². The van der Waals surface area contributed by atoms with E-state index in [-0.39, 0.29) is 17.3 Å². The van der Waals surface area contributed by atoms with Crippen molar-refractivity contribution >= 4 is 33.3 Å². The molecule has 0 radical (unpaired) electrons. The lowest BCUT2D eigenvalue weighted by Crippen LogP contribution is -2.12. The number of tetrazole rings is 1. The second-order valence-corrected chi connectivity index (χ2v) is 9.20. The van der Waals surface area contributed by atoms with Crippen molar-refractivity contribution in [2.45, 2.75) is 33.1 Å². The highest BCUT2D eigenvalue weighted by molar-refractivity contribution is 7.21. The van der Waals surface area contributed by atoms with Gasteiger partial charge in [-0.3, -0.25) is 10.1 Å². The molecule has 2 aromatic carbocycles. The monoisotopic (exact) mass is 437 g/mol. The largest absolute Gasteiger partial charge is 0.496 e. The first kappa shape index (κ1) is 20.8. The molecular formula is C22H23N5O3S. The van der Waals surface area contributed by atoms with Crippen LogP contribution in [0.1, 0.15) is 41.6 Å². The highest BCUT2D eigenvalue weighted by atomic mass is 32.1. The number of anilines is 1. The summed E-state index contributed by atoms with van der Waals surface area (Å²) in [5, 5.41) is 16.8. The molecule has 0 aliphatic heterocycles. The minimum absolute atomic E-state index is 0.0359. The Bertz CT molecular complexity index is 1230. The van der Waals surface area contributed by atoms with Crippen LogP contribution in [-0.2, 0) is 5.41 Å². The van der Waals surface area contributed by atoms with E-state index in [1.807, 2.05) is 43.3 Å². The smallest absolute Gasteiger partial charge is 0.272 e. The molecule has 0 saturated heterocycles. The van der Waals surface area contributed by atoms with E-state index < -0.39 is 0 Å². The number of ether oxygens (including phenoxy) is 2. The molecule has 0 bridgehead atoms. The molecule has 31 heavy (non-hydrogen) atoms. The second kappa shape index (κ2) is 7.99. The molecule has 2 heterocycles. The number of aryl methyl sites for hydroxylation is 1. The number of thiophene rings is 1. The average molecular weight is 438 g/mol. The quantitative estimate of drug-likeness (QED) is 0.452. The van der Waals surface area contributed by atoms with Gasteiger partial charge in [0, 0.05) is 10.1 Å². The molecule has 1 amide bonds. The Morgan fingerprint density at radius 3 is 2.52 bits per heavy atom. The van der Waals surface area contributed by atoms with Gasteiger partial charge in [-0.2, -0.15) is 5.21 Å². The van der Waals surface area contributed by atoms with Gasteiger partial charge in [0.1, 0.15) is 16.4 Å². The van der Waals surface area contributed by atoms with Crippen molar-refractivity contribution in [3.8, 4) is 17.2 Å². The zero-order valence-electron chi connectivity index (χ0n) is 17.9. The number of aromatic nitrogens is 4. The third-order valence-electron chi connectivity index (χ3n) is 4.88. The molecule has 0 aliphatic rings. The van der Waals surface area contributed by atoms with Gasteiger partial charge in [0.25, 0.3) is 11.9 Å². The van der Waals surface area contributed by atoms with Crippen LogP contribution in [0.2, 0.25) is 0 Å². The number of fused-ring (bicyclic) bond motifs is 1. The maximum absolute atomic E-state index is 13.0. The van der Waals surface area contributed by atoms with Gasteiger partial charge in [0.05, 0.1) is 7.11 Å². The van der Waals surface area contributed by atoms with Gasteiger partial charge in [0.2, 0.25) is 0 Å². The predicted octanol–water partition coefficient (Wildman–Crippen LogP) is 5.07. The van der Waals surface area contributed by atoms with E-state index in [1.165, 1.54) is 16.9 Å². The number of rotatable bonds is 5. The van der Waals surface area contributed by atoms with Gasteiger partial charge in [-0.15, -0.1) is 16.4 Å². The maximum Gasteiger partial charge on any atom is 0.272 e. The van der Waals surface area contributed by atoms with E-state index in [0.717, 1.165) is 21.4 Å². The van der Waals surface area contributed by atoms with Crippen molar-refractivity contribution in [3.63, 3.8) is 0 Å². The van der Waals surface area contributed by atoms with Crippen molar-refractivity contribution in [1.29, 1.82) is 0 Å². The molecule has 9 heteroatoms. The zero-order chi connectivity index (χ0) is 22.2. The number of nitrogens with zero attached hydrogens (tertiary/aromatic N) is 3. The lowest BCUT2D eigenvalue weighted by molar-refractivity contribution is 0.102. The van der Waals surface area contributed by atoms with Crippen LogP contribution in [-0.4, -0.2) is 33.6 Å². The lowest BCUT2D eigenvalue weighted by Gasteiger charge is -2.19. The van der Waals surface area contributed by atoms with Gasteiger partial charge in [0.15, 0.2) is 5.75 Å². The van der Waals surface area contributed by atoms with Crippen molar-refractivity contribution in [3.05, 3.63) is 52.4 Å². The summed E-state index contributed by atoms with van der Waals surface area (Å²) < 4.78 is 12.6. The number of carbonyl (C=O) groups excluding carboxylic acids is 1.